The number of morpholine rings is 1. The van der Waals surface area contributed by atoms with E-state index in [0.29, 0.717) is 22.6 Å². The van der Waals surface area contributed by atoms with Gasteiger partial charge in [0.1, 0.15) is 0 Å². The fraction of sp³-hybridized carbons (Fsp3) is 0.227. The van der Waals surface area contributed by atoms with Gasteiger partial charge < -0.3 is 29.9 Å². The van der Waals surface area contributed by atoms with E-state index in [9.17, 15) is 19.2 Å². The summed E-state index contributed by atoms with van der Waals surface area (Å²) >= 11 is 0. The van der Waals surface area contributed by atoms with Gasteiger partial charge in [0.05, 0.1) is 6.61 Å². The van der Waals surface area contributed by atoms with Gasteiger partial charge >= 0.3 is 11.7 Å². The lowest BCUT2D eigenvalue weighted by Gasteiger charge is -2.35. The second-order valence-corrected chi connectivity index (χ2v) is 7.40. The molecule has 1 aliphatic rings. The van der Waals surface area contributed by atoms with Crippen molar-refractivity contribution in [2.45, 2.75) is 19.1 Å². The maximum absolute atomic E-state index is 13.2. The molecule has 1 aromatic heterocycles. The van der Waals surface area contributed by atoms with E-state index in [1.807, 2.05) is 0 Å². The number of carbonyl (C=O) groups is 3. The van der Waals surface area contributed by atoms with Crippen molar-refractivity contribution < 1.29 is 28.4 Å². The van der Waals surface area contributed by atoms with Crippen LogP contribution in [0.1, 0.15) is 6.92 Å². The number of aromatic nitrogens is 2. The molecule has 4 N–H and O–H groups in total. The van der Waals surface area contributed by atoms with E-state index in [0.717, 1.165) is 6.92 Å². The molecule has 2 atom stereocenters. The van der Waals surface area contributed by atoms with Crippen molar-refractivity contribution in [1.82, 2.24) is 10.1 Å². The molecule has 1 saturated heterocycles. The highest BCUT2D eigenvalue weighted by molar-refractivity contribution is 6.04. The van der Waals surface area contributed by atoms with Crippen molar-refractivity contribution in [1.29, 1.82) is 0 Å². The fourth-order valence-corrected chi connectivity index (χ4v) is 3.48. The summed E-state index contributed by atoms with van der Waals surface area (Å²) in [6, 6.07) is 13.0. The van der Waals surface area contributed by atoms with Crippen LogP contribution in [0.4, 0.5) is 17.1 Å². The average molecular weight is 467 g/mol. The lowest BCUT2D eigenvalue weighted by molar-refractivity contribution is -0.167. The largest absolute Gasteiger partial charge is 0.460 e. The summed E-state index contributed by atoms with van der Waals surface area (Å²) in [5.74, 6) is -2.57. The number of carbonyl (C=O) groups excluding carboxylic acids is 3. The molecule has 2 aromatic carbocycles. The Morgan fingerprint density at radius 3 is 2.65 bits per heavy atom. The Balaban J connectivity index is 1.52. The molecule has 2 heterocycles. The lowest BCUT2D eigenvalue weighted by Crippen LogP contribution is -2.56. The minimum absolute atomic E-state index is 0.126. The second-order valence-electron chi connectivity index (χ2n) is 7.40. The van der Waals surface area contributed by atoms with Crippen molar-refractivity contribution in [2.24, 2.45) is 0 Å². The number of hydrogen-bond acceptors (Lipinski definition) is 9. The van der Waals surface area contributed by atoms with Crippen LogP contribution in [-0.2, 0) is 23.9 Å². The third kappa shape index (κ3) is 4.96. The number of rotatable bonds is 6. The first-order chi connectivity index (χ1) is 16.3. The molecule has 0 bridgehead atoms. The Hall–Kier alpha value is -4.45. The van der Waals surface area contributed by atoms with Gasteiger partial charge in [-0.15, -0.1) is 0 Å². The molecule has 1 fully saturated rings. The van der Waals surface area contributed by atoms with E-state index < -0.39 is 35.7 Å². The van der Waals surface area contributed by atoms with Crippen LogP contribution >= 0.6 is 0 Å². The van der Waals surface area contributed by atoms with Gasteiger partial charge in [-0.25, -0.2) is 4.79 Å². The first-order valence-electron chi connectivity index (χ1n) is 10.2. The monoisotopic (exact) mass is 467 g/mol. The van der Waals surface area contributed by atoms with Crippen LogP contribution in [0.3, 0.4) is 0 Å². The van der Waals surface area contributed by atoms with Crippen LogP contribution in [0.2, 0.25) is 0 Å². The summed E-state index contributed by atoms with van der Waals surface area (Å²) in [6.45, 7) is 1.51. The molecule has 0 aliphatic carbocycles. The first kappa shape index (κ1) is 22.7. The predicted octanol–water partition coefficient (Wildman–Crippen LogP) is 0.914. The third-order valence-corrected chi connectivity index (χ3v) is 4.99. The van der Waals surface area contributed by atoms with Crippen LogP contribution in [0.15, 0.2) is 57.8 Å². The van der Waals surface area contributed by atoms with Crippen LogP contribution in [0.5, 0.6) is 0 Å². The highest BCUT2D eigenvalue weighted by atomic mass is 16.6. The number of hydrogen-bond donors (Lipinski definition) is 3. The normalized spacial score (nSPS) is 16.7. The third-order valence-electron chi connectivity index (χ3n) is 4.99. The molecular formula is C22H21N5O7. The number of aromatic amines is 1. The Bertz CT molecular complexity index is 1270. The molecule has 0 unspecified atom stereocenters. The van der Waals surface area contributed by atoms with Crippen LogP contribution in [-0.4, -0.2) is 53.3 Å². The van der Waals surface area contributed by atoms with E-state index in [4.69, 9.17) is 15.2 Å². The number of anilines is 3. The standard InChI is InChI=1S/C22H21N5O7/c1-12(28)33-17(18-21(30)27(9-10-32-18)16-4-2-3-14(23)11-16)20(29)24-15-7-5-13(6-8-15)19-25-22(31)34-26-19/h2-8,11,17-18H,9-10,23H2,1H3,(H,24,29)(H,25,26,31)/t17-,18-/m1/s1. The fourth-order valence-electron chi connectivity index (χ4n) is 3.48. The van der Waals surface area contributed by atoms with Gasteiger partial charge in [0.25, 0.3) is 11.8 Å². The SMILES string of the molecule is CC(=O)O[C@@H](C(=O)Nc1ccc(-c2nc(=O)o[nH]2)cc1)[C@H]1OCCN(c2cccc(N)c2)C1=O. The Morgan fingerprint density at radius 1 is 1.24 bits per heavy atom. The number of nitrogens with two attached hydrogens (primary N) is 1. The van der Waals surface area contributed by atoms with E-state index in [1.165, 1.54) is 4.90 Å². The zero-order valence-electron chi connectivity index (χ0n) is 18.0. The minimum atomic E-state index is -1.53. The summed E-state index contributed by atoms with van der Waals surface area (Å²) in [5, 5.41) is 4.99. The van der Waals surface area contributed by atoms with Gasteiger partial charge in [-0.2, -0.15) is 10.1 Å². The molecule has 12 heteroatoms. The topological polar surface area (TPSA) is 170 Å². The molecular weight excluding hydrogens is 446 g/mol. The minimum Gasteiger partial charge on any atom is -0.449 e. The van der Waals surface area contributed by atoms with Crippen LogP contribution < -0.4 is 21.7 Å². The van der Waals surface area contributed by atoms with Crippen molar-refractivity contribution in [3.8, 4) is 11.4 Å². The van der Waals surface area contributed by atoms with Crippen LogP contribution in [0.25, 0.3) is 11.4 Å². The summed E-state index contributed by atoms with van der Waals surface area (Å²) in [4.78, 5) is 54.1. The number of esters is 1. The number of nitrogen functional groups attached to an aromatic ring is 1. The molecule has 34 heavy (non-hydrogen) atoms. The average Bonchev–Trinajstić information content (AvgIpc) is 3.24. The Kier molecular flexibility index (Phi) is 6.41. The summed E-state index contributed by atoms with van der Waals surface area (Å²) in [7, 11) is 0. The van der Waals surface area contributed by atoms with Crippen molar-refractivity contribution >= 4 is 34.8 Å². The first-order valence-corrected chi connectivity index (χ1v) is 10.2. The number of ether oxygens (including phenoxy) is 2. The molecule has 1 aliphatic heterocycles. The molecule has 0 saturated carbocycles. The molecule has 4 rings (SSSR count). The molecule has 176 valence electrons. The zero-order chi connectivity index (χ0) is 24.2. The number of nitrogens with zero attached hydrogens (tertiary/aromatic N) is 2. The highest BCUT2D eigenvalue weighted by Gasteiger charge is 2.42. The molecule has 12 nitrogen and oxygen atoms in total. The number of nitrogens with one attached hydrogen (secondary N) is 2. The van der Waals surface area contributed by atoms with E-state index in [1.54, 1.807) is 48.5 Å². The summed E-state index contributed by atoms with van der Waals surface area (Å²) < 4.78 is 15.3. The maximum Gasteiger partial charge on any atom is 0.460 e. The van der Waals surface area contributed by atoms with Gasteiger partial charge in [-0.3, -0.25) is 14.4 Å². The van der Waals surface area contributed by atoms with Gasteiger partial charge in [0.2, 0.25) is 6.10 Å². The molecule has 2 amide bonds. The lowest BCUT2D eigenvalue weighted by atomic mass is 10.1. The van der Waals surface area contributed by atoms with Gasteiger partial charge in [0.15, 0.2) is 11.9 Å². The molecule has 0 radical (unpaired) electrons. The molecule has 3 aromatic rings. The van der Waals surface area contributed by atoms with Gasteiger partial charge in [-0.05, 0) is 42.5 Å². The van der Waals surface area contributed by atoms with Gasteiger partial charge in [-0.1, -0.05) is 6.07 Å². The van der Waals surface area contributed by atoms with Crippen LogP contribution in [0, 0.1) is 0 Å². The Labute approximate surface area is 192 Å². The Morgan fingerprint density at radius 2 is 2.00 bits per heavy atom. The highest BCUT2D eigenvalue weighted by Crippen LogP contribution is 2.24. The summed E-state index contributed by atoms with van der Waals surface area (Å²) in [6.07, 6.45) is -2.88. The summed E-state index contributed by atoms with van der Waals surface area (Å²) in [5.41, 5.74) is 7.74. The number of amides is 2. The predicted molar refractivity (Wildman–Crippen MR) is 120 cm³/mol. The van der Waals surface area contributed by atoms with E-state index in [2.05, 4.69) is 20.0 Å². The number of benzene rings is 2. The van der Waals surface area contributed by atoms with Crippen molar-refractivity contribution in [3.63, 3.8) is 0 Å². The van der Waals surface area contributed by atoms with E-state index >= 15 is 0 Å². The van der Waals surface area contributed by atoms with E-state index in [-0.39, 0.29) is 19.0 Å². The zero-order valence-corrected chi connectivity index (χ0v) is 18.0. The smallest absolute Gasteiger partial charge is 0.449 e. The van der Waals surface area contributed by atoms with Crippen molar-refractivity contribution in [2.75, 3.05) is 29.1 Å². The quantitative estimate of drug-likeness (QED) is 0.352. The maximum atomic E-state index is 13.2. The number of H-pyrrole nitrogens is 1. The second kappa shape index (κ2) is 9.58. The molecule has 0 spiro atoms. The van der Waals surface area contributed by atoms with Gasteiger partial charge in [0, 0.05) is 36.1 Å². The van der Waals surface area contributed by atoms with Crippen molar-refractivity contribution in [3.05, 3.63) is 59.1 Å².